The van der Waals surface area contributed by atoms with Gasteiger partial charge in [-0.3, -0.25) is 4.79 Å². The summed E-state index contributed by atoms with van der Waals surface area (Å²) >= 11 is 3.35. The predicted octanol–water partition coefficient (Wildman–Crippen LogP) is 3.22. The van der Waals surface area contributed by atoms with Crippen molar-refractivity contribution in [1.29, 1.82) is 0 Å². The highest BCUT2D eigenvalue weighted by molar-refractivity contribution is 9.10. The Balaban J connectivity index is 2.03. The molecule has 2 aromatic rings. The molecule has 5 heteroatoms. The molecule has 0 bridgehead atoms. The van der Waals surface area contributed by atoms with Crippen molar-refractivity contribution in [2.45, 2.75) is 13.5 Å². The van der Waals surface area contributed by atoms with E-state index in [4.69, 9.17) is 0 Å². The molecule has 0 radical (unpaired) electrons. The van der Waals surface area contributed by atoms with E-state index >= 15 is 0 Å². The number of pyridine rings is 1. The van der Waals surface area contributed by atoms with Crippen molar-refractivity contribution in [1.82, 2.24) is 10.3 Å². The maximum Gasteiger partial charge on any atom is 0.270 e. The van der Waals surface area contributed by atoms with Crippen LogP contribution < -0.4 is 5.32 Å². The second-order valence-electron chi connectivity index (χ2n) is 4.13. The van der Waals surface area contributed by atoms with Crippen LogP contribution in [0.4, 0.5) is 4.39 Å². The lowest BCUT2D eigenvalue weighted by atomic mass is 10.2. The largest absolute Gasteiger partial charge is 0.347 e. The fraction of sp³-hybridized carbons (Fsp3) is 0.143. The first-order valence-electron chi connectivity index (χ1n) is 5.71. The van der Waals surface area contributed by atoms with E-state index in [1.807, 2.05) is 24.3 Å². The van der Waals surface area contributed by atoms with Crippen molar-refractivity contribution in [3.63, 3.8) is 0 Å². The number of amides is 1. The monoisotopic (exact) mass is 322 g/mol. The van der Waals surface area contributed by atoms with Crippen molar-refractivity contribution in [3.05, 3.63) is 63.6 Å². The van der Waals surface area contributed by atoms with Crippen LogP contribution in [0.15, 0.2) is 41.0 Å². The molecule has 0 aliphatic rings. The van der Waals surface area contributed by atoms with Gasteiger partial charge in [0.2, 0.25) is 0 Å². The molecular formula is C14H12BrFN2O. The zero-order valence-electron chi connectivity index (χ0n) is 10.3. The standard InChI is InChI=1S/C14H12BrFN2O/c1-9-6-12(16)8-17-13(9)14(19)18-7-10-2-4-11(15)5-3-10/h2-6,8H,7H2,1H3,(H,18,19). The molecule has 98 valence electrons. The number of carbonyl (C=O) groups is 1. The lowest BCUT2D eigenvalue weighted by Gasteiger charge is -2.07. The number of hydrogen-bond donors (Lipinski definition) is 1. The zero-order valence-corrected chi connectivity index (χ0v) is 11.9. The van der Waals surface area contributed by atoms with Crippen molar-refractivity contribution >= 4 is 21.8 Å². The Bertz CT molecular complexity index is 599. The molecule has 1 aromatic carbocycles. The molecule has 1 N–H and O–H groups in total. The maximum absolute atomic E-state index is 12.9. The van der Waals surface area contributed by atoms with Crippen LogP contribution in [0.5, 0.6) is 0 Å². The highest BCUT2D eigenvalue weighted by Gasteiger charge is 2.10. The number of rotatable bonds is 3. The van der Waals surface area contributed by atoms with Gasteiger partial charge in [0.05, 0.1) is 6.20 Å². The lowest BCUT2D eigenvalue weighted by Crippen LogP contribution is -2.24. The van der Waals surface area contributed by atoms with Crippen molar-refractivity contribution < 1.29 is 9.18 Å². The van der Waals surface area contributed by atoms with E-state index in [2.05, 4.69) is 26.2 Å². The highest BCUT2D eigenvalue weighted by Crippen LogP contribution is 2.11. The minimum atomic E-state index is -0.443. The van der Waals surface area contributed by atoms with Gasteiger partial charge >= 0.3 is 0 Å². The van der Waals surface area contributed by atoms with Crippen LogP contribution in [-0.4, -0.2) is 10.9 Å². The first-order valence-corrected chi connectivity index (χ1v) is 6.50. The summed E-state index contributed by atoms with van der Waals surface area (Å²) < 4.78 is 13.9. The summed E-state index contributed by atoms with van der Waals surface area (Å²) in [6, 6.07) is 8.93. The van der Waals surface area contributed by atoms with Crippen LogP contribution in [0.2, 0.25) is 0 Å². The second kappa shape index (κ2) is 5.93. The summed E-state index contributed by atoms with van der Waals surface area (Å²) in [6.07, 6.45) is 1.04. The van der Waals surface area contributed by atoms with Gasteiger partial charge in [0, 0.05) is 11.0 Å². The Labute approximate surface area is 119 Å². The van der Waals surface area contributed by atoms with Gasteiger partial charge in [0.15, 0.2) is 0 Å². The van der Waals surface area contributed by atoms with E-state index in [1.54, 1.807) is 6.92 Å². The Morgan fingerprint density at radius 3 is 2.68 bits per heavy atom. The molecule has 1 aromatic heterocycles. The molecule has 1 amide bonds. The summed E-state index contributed by atoms with van der Waals surface area (Å²) in [6.45, 7) is 2.06. The summed E-state index contributed by atoms with van der Waals surface area (Å²) in [5.74, 6) is -0.748. The quantitative estimate of drug-likeness (QED) is 0.942. The molecule has 0 unspecified atom stereocenters. The van der Waals surface area contributed by atoms with Crippen molar-refractivity contribution in [3.8, 4) is 0 Å². The molecule has 3 nitrogen and oxygen atoms in total. The molecule has 0 saturated carbocycles. The third-order valence-electron chi connectivity index (χ3n) is 2.63. The van der Waals surface area contributed by atoms with E-state index in [0.717, 1.165) is 16.2 Å². The van der Waals surface area contributed by atoms with E-state index in [9.17, 15) is 9.18 Å². The van der Waals surface area contributed by atoms with Gasteiger partial charge in [-0.2, -0.15) is 0 Å². The van der Waals surface area contributed by atoms with Gasteiger partial charge < -0.3 is 5.32 Å². The summed E-state index contributed by atoms with van der Waals surface area (Å²) in [7, 11) is 0. The van der Waals surface area contributed by atoms with Crippen molar-refractivity contribution in [2.75, 3.05) is 0 Å². The highest BCUT2D eigenvalue weighted by atomic mass is 79.9. The van der Waals surface area contributed by atoms with Crippen LogP contribution in [0, 0.1) is 12.7 Å². The minimum Gasteiger partial charge on any atom is -0.347 e. The van der Waals surface area contributed by atoms with Gasteiger partial charge in [-0.25, -0.2) is 9.37 Å². The average Bonchev–Trinajstić information content (AvgIpc) is 2.37. The Morgan fingerprint density at radius 2 is 2.05 bits per heavy atom. The van der Waals surface area contributed by atoms with E-state index < -0.39 is 5.82 Å². The topological polar surface area (TPSA) is 42.0 Å². The number of aryl methyl sites for hydroxylation is 1. The molecule has 0 fully saturated rings. The van der Waals surface area contributed by atoms with E-state index in [0.29, 0.717) is 12.1 Å². The lowest BCUT2D eigenvalue weighted by molar-refractivity contribution is 0.0945. The minimum absolute atomic E-state index is 0.249. The number of nitrogens with one attached hydrogen (secondary N) is 1. The third-order valence-corrected chi connectivity index (χ3v) is 3.15. The molecule has 0 atom stereocenters. The molecule has 0 spiro atoms. The summed E-state index contributed by atoms with van der Waals surface area (Å²) in [5.41, 5.74) is 1.75. The number of benzene rings is 1. The Morgan fingerprint density at radius 1 is 1.37 bits per heavy atom. The molecule has 2 rings (SSSR count). The fourth-order valence-electron chi connectivity index (χ4n) is 1.65. The Hall–Kier alpha value is -1.75. The molecule has 0 aliphatic carbocycles. The summed E-state index contributed by atoms with van der Waals surface area (Å²) in [4.78, 5) is 15.7. The van der Waals surface area contributed by atoms with Crippen LogP contribution >= 0.6 is 15.9 Å². The van der Waals surface area contributed by atoms with E-state index in [-0.39, 0.29) is 11.6 Å². The maximum atomic E-state index is 12.9. The molecule has 1 heterocycles. The molecule has 0 saturated heterocycles. The van der Waals surface area contributed by atoms with Gasteiger partial charge in [0.25, 0.3) is 5.91 Å². The average molecular weight is 323 g/mol. The molecule has 0 aliphatic heterocycles. The predicted molar refractivity (Wildman–Crippen MR) is 74.2 cm³/mol. The van der Waals surface area contributed by atoms with Crippen LogP contribution in [0.1, 0.15) is 21.6 Å². The van der Waals surface area contributed by atoms with Crippen LogP contribution in [0.25, 0.3) is 0 Å². The third kappa shape index (κ3) is 3.61. The van der Waals surface area contributed by atoms with Crippen LogP contribution in [-0.2, 0) is 6.54 Å². The number of nitrogens with zero attached hydrogens (tertiary/aromatic N) is 1. The second-order valence-corrected chi connectivity index (χ2v) is 5.04. The van der Waals surface area contributed by atoms with Gasteiger partial charge in [0.1, 0.15) is 11.5 Å². The first kappa shape index (κ1) is 13.7. The Kier molecular flexibility index (Phi) is 4.27. The molecule has 19 heavy (non-hydrogen) atoms. The SMILES string of the molecule is Cc1cc(F)cnc1C(=O)NCc1ccc(Br)cc1. The smallest absolute Gasteiger partial charge is 0.270 e. The first-order chi connectivity index (χ1) is 9.06. The molecular weight excluding hydrogens is 311 g/mol. The van der Waals surface area contributed by atoms with Gasteiger partial charge in [-0.05, 0) is 36.2 Å². The zero-order chi connectivity index (χ0) is 13.8. The normalized spacial score (nSPS) is 10.3. The summed E-state index contributed by atoms with van der Waals surface area (Å²) in [5, 5.41) is 2.76. The number of carbonyl (C=O) groups excluding carboxylic acids is 1. The van der Waals surface area contributed by atoms with E-state index in [1.165, 1.54) is 6.07 Å². The van der Waals surface area contributed by atoms with Gasteiger partial charge in [-0.15, -0.1) is 0 Å². The fourth-order valence-corrected chi connectivity index (χ4v) is 1.91. The number of halogens is 2. The van der Waals surface area contributed by atoms with Crippen LogP contribution in [0.3, 0.4) is 0 Å². The number of aromatic nitrogens is 1. The van der Waals surface area contributed by atoms with Crippen molar-refractivity contribution in [2.24, 2.45) is 0 Å². The number of hydrogen-bond acceptors (Lipinski definition) is 2. The van der Waals surface area contributed by atoms with Gasteiger partial charge in [-0.1, -0.05) is 28.1 Å².